The lowest BCUT2D eigenvalue weighted by Crippen LogP contribution is -2.05. The van der Waals surface area contributed by atoms with Gasteiger partial charge in [0.25, 0.3) is 0 Å². The van der Waals surface area contributed by atoms with Crippen molar-refractivity contribution in [2.45, 2.75) is 13.5 Å². The topological polar surface area (TPSA) is 63.0 Å². The van der Waals surface area contributed by atoms with Crippen LogP contribution in [0.5, 0.6) is 0 Å². The third-order valence-corrected chi connectivity index (χ3v) is 4.13. The minimum atomic E-state index is 0.544. The van der Waals surface area contributed by atoms with E-state index in [2.05, 4.69) is 39.7 Å². The standard InChI is InChI=1S/C22H20N4O/c1-16-9-11-18(12-10-16)24-22-25-20(17-6-3-2-4-7-17)14-21(26-22)23-15-19-8-5-13-27-19/h2-14H,15H2,1H3,(H2,23,24,25,26). The van der Waals surface area contributed by atoms with Gasteiger partial charge in [0, 0.05) is 17.3 Å². The van der Waals surface area contributed by atoms with Crippen LogP contribution in [-0.4, -0.2) is 9.97 Å². The second-order valence-corrected chi connectivity index (χ2v) is 6.25. The maximum Gasteiger partial charge on any atom is 0.229 e. The van der Waals surface area contributed by atoms with Gasteiger partial charge in [-0.25, -0.2) is 4.98 Å². The van der Waals surface area contributed by atoms with E-state index >= 15 is 0 Å². The molecule has 0 saturated carbocycles. The van der Waals surface area contributed by atoms with Crippen LogP contribution in [0.1, 0.15) is 11.3 Å². The first-order chi connectivity index (χ1) is 13.3. The van der Waals surface area contributed by atoms with E-state index in [1.807, 2.05) is 60.7 Å². The second kappa shape index (κ2) is 7.74. The first kappa shape index (κ1) is 16.8. The Labute approximate surface area is 158 Å². The lowest BCUT2D eigenvalue weighted by atomic mass is 10.1. The van der Waals surface area contributed by atoms with Crippen LogP contribution in [0.2, 0.25) is 0 Å². The molecule has 0 aliphatic carbocycles. The number of furan rings is 1. The van der Waals surface area contributed by atoms with E-state index in [4.69, 9.17) is 4.42 Å². The van der Waals surface area contributed by atoms with Gasteiger partial charge >= 0.3 is 0 Å². The summed E-state index contributed by atoms with van der Waals surface area (Å²) in [6.45, 7) is 2.62. The van der Waals surface area contributed by atoms with Crippen molar-refractivity contribution >= 4 is 17.5 Å². The molecular formula is C22H20N4O. The highest BCUT2D eigenvalue weighted by Crippen LogP contribution is 2.23. The SMILES string of the molecule is Cc1ccc(Nc2nc(NCc3ccco3)cc(-c3ccccc3)n2)cc1. The summed E-state index contributed by atoms with van der Waals surface area (Å²) < 4.78 is 5.39. The average Bonchev–Trinajstić information content (AvgIpc) is 3.22. The predicted molar refractivity (Wildman–Crippen MR) is 108 cm³/mol. The molecule has 0 spiro atoms. The molecular weight excluding hydrogens is 336 g/mol. The Morgan fingerprint density at radius 3 is 2.44 bits per heavy atom. The minimum absolute atomic E-state index is 0.544. The fourth-order valence-electron chi connectivity index (χ4n) is 2.71. The number of aromatic nitrogens is 2. The summed E-state index contributed by atoms with van der Waals surface area (Å²) in [5.41, 5.74) is 4.04. The molecule has 0 amide bonds. The second-order valence-electron chi connectivity index (χ2n) is 6.25. The highest BCUT2D eigenvalue weighted by atomic mass is 16.3. The third-order valence-electron chi connectivity index (χ3n) is 4.13. The Balaban J connectivity index is 1.64. The van der Waals surface area contributed by atoms with Crippen LogP contribution in [0.4, 0.5) is 17.5 Å². The van der Waals surface area contributed by atoms with Crippen molar-refractivity contribution in [1.29, 1.82) is 0 Å². The lowest BCUT2D eigenvalue weighted by molar-refractivity contribution is 0.518. The van der Waals surface area contributed by atoms with Gasteiger partial charge < -0.3 is 15.1 Å². The Morgan fingerprint density at radius 1 is 0.889 bits per heavy atom. The van der Waals surface area contributed by atoms with Crippen LogP contribution in [-0.2, 0) is 6.54 Å². The summed E-state index contributed by atoms with van der Waals surface area (Å²) in [6, 6.07) is 24.0. The van der Waals surface area contributed by atoms with Gasteiger partial charge in [0.1, 0.15) is 11.6 Å². The monoisotopic (exact) mass is 356 g/mol. The molecule has 0 fully saturated rings. The van der Waals surface area contributed by atoms with Crippen LogP contribution >= 0.6 is 0 Å². The van der Waals surface area contributed by atoms with Gasteiger partial charge in [0.15, 0.2) is 0 Å². The van der Waals surface area contributed by atoms with Gasteiger partial charge in [-0.3, -0.25) is 0 Å². The summed E-state index contributed by atoms with van der Waals surface area (Å²) in [5, 5.41) is 6.60. The molecule has 0 atom stereocenters. The zero-order valence-corrected chi connectivity index (χ0v) is 15.0. The van der Waals surface area contributed by atoms with E-state index in [9.17, 15) is 0 Å². The van der Waals surface area contributed by atoms with Gasteiger partial charge in [-0.1, -0.05) is 48.0 Å². The van der Waals surface area contributed by atoms with Crippen molar-refractivity contribution < 1.29 is 4.42 Å². The highest BCUT2D eigenvalue weighted by molar-refractivity contribution is 5.66. The van der Waals surface area contributed by atoms with E-state index in [0.29, 0.717) is 12.5 Å². The number of hydrogen-bond acceptors (Lipinski definition) is 5. The molecule has 2 aromatic heterocycles. The first-order valence-corrected chi connectivity index (χ1v) is 8.81. The molecule has 0 aliphatic rings. The third kappa shape index (κ3) is 4.33. The Hall–Kier alpha value is -3.60. The molecule has 0 saturated heterocycles. The summed E-state index contributed by atoms with van der Waals surface area (Å²) in [5.74, 6) is 2.12. The van der Waals surface area contributed by atoms with Gasteiger partial charge in [-0.05, 0) is 31.2 Å². The van der Waals surface area contributed by atoms with Crippen LogP contribution < -0.4 is 10.6 Å². The lowest BCUT2D eigenvalue weighted by Gasteiger charge is -2.11. The molecule has 2 heterocycles. The van der Waals surface area contributed by atoms with Crippen molar-refractivity contribution in [3.63, 3.8) is 0 Å². The van der Waals surface area contributed by atoms with Crippen LogP contribution in [0, 0.1) is 6.92 Å². The maximum atomic E-state index is 5.39. The Morgan fingerprint density at radius 2 is 1.70 bits per heavy atom. The molecule has 27 heavy (non-hydrogen) atoms. The molecule has 134 valence electrons. The zero-order chi connectivity index (χ0) is 18.5. The smallest absolute Gasteiger partial charge is 0.229 e. The summed E-state index contributed by atoms with van der Waals surface area (Å²) in [4.78, 5) is 9.28. The molecule has 4 rings (SSSR count). The molecule has 2 N–H and O–H groups in total. The summed E-state index contributed by atoms with van der Waals surface area (Å²) >= 11 is 0. The minimum Gasteiger partial charge on any atom is -0.467 e. The molecule has 0 aliphatic heterocycles. The fraction of sp³-hybridized carbons (Fsp3) is 0.0909. The Kier molecular flexibility index (Phi) is 4.83. The van der Waals surface area contributed by atoms with Crippen molar-refractivity contribution in [1.82, 2.24) is 9.97 Å². The highest BCUT2D eigenvalue weighted by Gasteiger charge is 2.08. The molecule has 4 aromatic rings. The Bertz CT molecular complexity index is 996. The van der Waals surface area contributed by atoms with E-state index in [-0.39, 0.29) is 0 Å². The number of rotatable bonds is 6. The zero-order valence-electron chi connectivity index (χ0n) is 15.0. The van der Waals surface area contributed by atoms with Gasteiger partial charge in [0.2, 0.25) is 5.95 Å². The van der Waals surface area contributed by atoms with Gasteiger partial charge in [-0.15, -0.1) is 0 Å². The molecule has 0 bridgehead atoms. The van der Waals surface area contributed by atoms with Crippen LogP contribution in [0.15, 0.2) is 83.5 Å². The van der Waals surface area contributed by atoms with Crippen LogP contribution in [0.3, 0.4) is 0 Å². The molecule has 0 radical (unpaired) electrons. The van der Waals surface area contributed by atoms with Crippen molar-refractivity contribution in [2.75, 3.05) is 10.6 Å². The number of nitrogens with one attached hydrogen (secondary N) is 2. The largest absolute Gasteiger partial charge is 0.467 e. The maximum absolute atomic E-state index is 5.39. The quantitative estimate of drug-likeness (QED) is 0.484. The van der Waals surface area contributed by atoms with E-state index in [1.165, 1.54) is 5.56 Å². The number of nitrogens with zero attached hydrogens (tertiary/aromatic N) is 2. The van der Waals surface area contributed by atoms with E-state index < -0.39 is 0 Å². The number of benzene rings is 2. The molecule has 2 aromatic carbocycles. The van der Waals surface area contributed by atoms with Crippen molar-refractivity contribution in [3.8, 4) is 11.3 Å². The number of hydrogen-bond donors (Lipinski definition) is 2. The molecule has 5 nitrogen and oxygen atoms in total. The van der Waals surface area contributed by atoms with Crippen LogP contribution in [0.25, 0.3) is 11.3 Å². The average molecular weight is 356 g/mol. The van der Waals surface area contributed by atoms with Gasteiger partial charge in [0.05, 0.1) is 18.5 Å². The summed E-state index contributed by atoms with van der Waals surface area (Å²) in [7, 11) is 0. The number of anilines is 3. The van der Waals surface area contributed by atoms with Crippen molar-refractivity contribution in [2.24, 2.45) is 0 Å². The summed E-state index contributed by atoms with van der Waals surface area (Å²) in [6.07, 6.45) is 1.66. The molecule has 0 unspecified atom stereocenters. The molecule has 5 heteroatoms. The number of aryl methyl sites for hydroxylation is 1. The van der Waals surface area contributed by atoms with Gasteiger partial charge in [-0.2, -0.15) is 4.98 Å². The van der Waals surface area contributed by atoms with E-state index in [0.717, 1.165) is 28.5 Å². The first-order valence-electron chi connectivity index (χ1n) is 8.81. The van der Waals surface area contributed by atoms with E-state index in [1.54, 1.807) is 6.26 Å². The fourth-order valence-corrected chi connectivity index (χ4v) is 2.71. The van der Waals surface area contributed by atoms with Crippen molar-refractivity contribution in [3.05, 3.63) is 90.4 Å². The predicted octanol–water partition coefficient (Wildman–Crippen LogP) is 5.40. The normalized spacial score (nSPS) is 10.6.